The molecule has 2 heterocycles. The second kappa shape index (κ2) is 15.0. The molecule has 0 aromatic carbocycles. The van der Waals surface area contributed by atoms with Crippen molar-refractivity contribution in [3.8, 4) is 0 Å². The van der Waals surface area contributed by atoms with Crippen molar-refractivity contribution in [3.63, 3.8) is 0 Å². The van der Waals surface area contributed by atoms with Crippen LogP contribution in [0.1, 0.15) is 41.5 Å². The Balaban J connectivity index is 2.50. The third-order valence-corrected chi connectivity index (χ3v) is 5.62. The van der Waals surface area contributed by atoms with Crippen LogP contribution in [0.4, 0.5) is 0 Å². The summed E-state index contributed by atoms with van der Waals surface area (Å²) >= 11 is 0. The maximum absolute atomic E-state index is 12.0. The average molecular weight is 595 g/mol. The van der Waals surface area contributed by atoms with Crippen molar-refractivity contribution in [1.82, 2.24) is 0 Å². The molecule has 10 unspecified atom stereocenters. The van der Waals surface area contributed by atoms with Crippen molar-refractivity contribution in [3.05, 3.63) is 0 Å². The molecular formula is C24H34O17. The smallest absolute Gasteiger partial charge is 0.303 e. The molecule has 2 rings (SSSR count). The Bertz CT molecular complexity index is 981. The summed E-state index contributed by atoms with van der Waals surface area (Å²) < 4.78 is 48.2. The van der Waals surface area contributed by atoms with Crippen LogP contribution in [0.5, 0.6) is 0 Å². The molecule has 0 aromatic rings. The van der Waals surface area contributed by atoms with Crippen molar-refractivity contribution < 1.29 is 81.6 Å². The Labute approximate surface area is 234 Å². The number of ether oxygens (including phenoxy) is 9. The molecule has 0 amide bonds. The highest BCUT2D eigenvalue weighted by Gasteiger charge is 2.56. The molecule has 0 bridgehead atoms. The summed E-state index contributed by atoms with van der Waals surface area (Å²) in [7, 11) is 0. The lowest BCUT2D eigenvalue weighted by Crippen LogP contribution is -2.66. The SMILES string of the molecule is CC(=O)OCC1OC(OC2OC(CO)C(OC(C)=O)C(OC(C)=O)C2OC(C)=O)C(O)C(OC(C)=O)C1OC(C)=O. The first-order valence-electron chi connectivity index (χ1n) is 12.4. The van der Waals surface area contributed by atoms with Crippen molar-refractivity contribution >= 4 is 35.8 Å². The predicted octanol–water partition coefficient (Wildman–Crippen LogP) is -1.97. The molecule has 0 saturated carbocycles. The molecule has 0 radical (unpaired) electrons. The van der Waals surface area contributed by atoms with E-state index >= 15 is 0 Å². The largest absolute Gasteiger partial charge is 0.463 e. The molecule has 0 aliphatic carbocycles. The molecular weight excluding hydrogens is 560 g/mol. The number of carbonyl (C=O) groups excluding carboxylic acids is 6. The fraction of sp³-hybridized carbons (Fsp3) is 0.750. The number of carbonyl (C=O) groups is 6. The Kier molecular flexibility index (Phi) is 12.4. The monoisotopic (exact) mass is 594 g/mol. The summed E-state index contributed by atoms with van der Waals surface area (Å²) in [6, 6.07) is 0. The molecule has 2 N–H and O–H groups in total. The minimum atomic E-state index is -1.88. The van der Waals surface area contributed by atoms with Crippen molar-refractivity contribution in [1.29, 1.82) is 0 Å². The van der Waals surface area contributed by atoms with Crippen molar-refractivity contribution in [2.24, 2.45) is 0 Å². The molecule has 2 aliphatic rings. The van der Waals surface area contributed by atoms with Crippen LogP contribution >= 0.6 is 0 Å². The Hall–Kier alpha value is -3.38. The van der Waals surface area contributed by atoms with E-state index in [-0.39, 0.29) is 0 Å². The normalized spacial score (nSPS) is 33.1. The van der Waals surface area contributed by atoms with Gasteiger partial charge in [-0.25, -0.2) is 0 Å². The zero-order chi connectivity index (χ0) is 31.0. The van der Waals surface area contributed by atoms with Gasteiger partial charge in [0.25, 0.3) is 0 Å². The summed E-state index contributed by atoms with van der Waals surface area (Å²) in [5.41, 5.74) is 0. The molecule has 0 spiro atoms. The van der Waals surface area contributed by atoms with Crippen LogP contribution in [0.2, 0.25) is 0 Å². The summed E-state index contributed by atoms with van der Waals surface area (Å²) in [6.07, 6.45) is -15.9. The van der Waals surface area contributed by atoms with Crippen molar-refractivity contribution in [2.45, 2.75) is 103 Å². The van der Waals surface area contributed by atoms with Gasteiger partial charge >= 0.3 is 35.8 Å². The van der Waals surface area contributed by atoms with E-state index in [0.717, 1.165) is 41.5 Å². The summed E-state index contributed by atoms with van der Waals surface area (Å²) in [4.78, 5) is 70.7. The summed E-state index contributed by atoms with van der Waals surface area (Å²) in [5.74, 6) is -5.08. The highest BCUT2D eigenvalue weighted by Crippen LogP contribution is 2.34. The van der Waals surface area contributed by atoms with E-state index < -0.39 is 110 Å². The standard InChI is InChI=1S/C24H34O17/c1-9(26)33-8-16-19(35-11(3)28)20(36-12(4)29)17(32)23(40-16)41-24-22(38-14(6)31)21(37-13(5)30)18(34-10(2)27)15(7-25)39-24/h15-25,32H,7-8H2,1-6H3. The number of hydrogen-bond donors (Lipinski definition) is 2. The molecule has 41 heavy (non-hydrogen) atoms. The van der Waals surface area contributed by atoms with Crippen LogP contribution in [0.3, 0.4) is 0 Å². The Morgan fingerprint density at radius 3 is 1.44 bits per heavy atom. The summed E-state index contributed by atoms with van der Waals surface area (Å²) in [5, 5.41) is 21.0. The third kappa shape index (κ3) is 9.60. The van der Waals surface area contributed by atoms with Gasteiger partial charge in [-0.05, 0) is 0 Å². The van der Waals surface area contributed by atoms with E-state index in [1.807, 2.05) is 0 Å². The van der Waals surface area contributed by atoms with E-state index in [1.54, 1.807) is 0 Å². The topological polar surface area (TPSA) is 226 Å². The highest BCUT2D eigenvalue weighted by atomic mass is 16.8. The van der Waals surface area contributed by atoms with Crippen LogP contribution in [0, 0.1) is 0 Å². The van der Waals surface area contributed by atoms with Gasteiger partial charge in [0.15, 0.2) is 36.8 Å². The third-order valence-electron chi connectivity index (χ3n) is 5.62. The molecule has 2 fully saturated rings. The van der Waals surface area contributed by atoms with E-state index in [1.165, 1.54) is 0 Å². The number of esters is 6. The van der Waals surface area contributed by atoms with Gasteiger partial charge in [-0.3, -0.25) is 28.8 Å². The van der Waals surface area contributed by atoms with E-state index in [2.05, 4.69) is 0 Å². The van der Waals surface area contributed by atoms with E-state index in [9.17, 15) is 39.0 Å². The van der Waals surface area contributed by atoms with Gasteiger partial charge in [-0.2, -0.15) is 0 Å². The van der Waals surface area contributed by atoms with Gasteiger partial charge in [0.2, 0.25) is 6.29 Å². The number of aliphatic hydroxyl groups excluding tert-OH is 2. The zero-order valence-electron chi connectivity index (χ0n) is 23.2. The second-order valence-electron chi connectivity index (χ2n) is 9.07. The Morgan fingerprint density at radius 2 is 0.976 bits per heavy atom. The fourth-order valence-corrected chi connectivity index (χ4v) is 4.24. The minimum Gasteiger partial charge on any atom is -0.463 e. The number of hydrogen-bond acceptors (Lipinski definition) is 17. The maximum atomic E-state index is 12.0. The lowest BCUT2D eigenvalue weighted by atomic mass is 9.97. The van der Waals surface area contributed by atoms with Gasteiger partial charge in [0, 0.05) is 41.5 Å². The van der Waals surface area contributed by atoms with Gasteiger partial charge < -0.3 is 52.8 Å². The highest BCUT2D eigenvalue weighted by molar-refractivity contribution is 5.69. The first kappa shape index (κ1) is 33.8. The first-order chi connectivity index (χ1) is 19.1. The fourth-order valence-electron chi connectivity index (χ4n) is 4.24. The summed E-state index contributed by atoms with van der Waals surface area (Å²) in [6.45, 7) is 4.92. The molecule has 17 nitrogen and oxygen atoms in total. The molecule has 232 valence electrons. The van der Waals surface area contributed by atoms with Crippen LogP contribution in [-0.2, 0) is 71.4 Å². The number of aliphatic hydroxyl groups is 2. The lowest BCUT2D eigenvalue weighted by molar-refractivity contribution is -0.377. The zero-order valence-corrected chi connectivity index (χ0v) is 23.2. The molecule has 2 saturated heterocycles. The molecule has 0 aromatic heterocycles. The lowest BCUT2D eigenvalue weighted by Gasteiger charge is -2.47. The van der Waals surface area contributed by atoms with E-state index in [0.29, 0.717) is 0 Å². The first-order valence-corrected chi connectivity index (χ1v) is 12.4. The van der Waals surface area contributed by atoms with Crippen LogP contribution in [-0.4, -0.2) is 121 Å². The molecule has 10 atom stereocenters. The van der Waals surface area contributed by atoms with Gasteiger partial charge in [-0.1, -0.05) is 0 Å². The number of rotatable bonds is 10. The second-order valence-corrected chi connectivity index (χ2v) is 9.07. The maximum Gasteiger partial charge on any atom is 0.303 e. The van der Waals surface area contributed by atoms with Crippen LogP contribution < -0.4 is 0 Å². The van der Waals surface area contributed by atoms with Crippen LogP contribution in [0.15, 0.2) is 0 Å². The molecule has 2 aliphatic heterocycles. The van der Waals surface area contributed by atoms with Gasteiger partial charge in [0.05, 0.1) is 6.61 Å². The quantitative estimate of drug-likeness (QED) is 0.206. The van der Waals surface area contributed by atoms with Crippen LogP contribution in [0.25, 0.3) is 0 Å². The van der Waals surface area contributed by atoms with E-state index in [4.69, 9.17) is 42.6 Å². The van der Waals surface area contributed by atoms with Gasteiger partial charge in [-0.15, -0.1) is 0 Å². The van der Waals surface area contributed by atoms with Gasteiger partial charge in [0.1, 0.15) is 24.9 Å². The minimum absolute atomic E-state index is 0.541. The van der Waals surface area contributed by atoms with Crippen molar-refractivity contribution in [2.75, 3.05) is 13.2 Å². The predicted molar refractivity (Wildman–Crippen MR) is 126 cm³/mol. The average Bonchev–Trinajstić information content (AvgIpc) is 2.84. The molecule has 17 heteroatoms. The Morgan fingerprint density at radius 1 is 0.561 bits per heavy atom.